The lowest BCUT2D eigenvalue weighted by Crippen LogP contribution is -2.24. The number of hydrogen-bond acceptors (Lipinski definition) is 2. The molecule has 3 nitrogen and oxygen atoms in total. The molecule has 0 saturated heterocycles. The fourth-order valence-corrected chi connectivity index (χ4v) is 1.98. The smallest absolute Gasteiger partial charge is 0.305 e. The van der Waals surface area contributed by atoms with Crippen LogP contribution < -0.4 is 5.56 Å². The van der Waals surface area contributed by atoms with Crippen LogP contribution in [0, 0.1) is 6.92 Å². The molecule has 2 aromatic rings. The van der Waals surface area contributed by atoms with Gasteiger partial charge in [-0.15, -0.1) is 0 Å². The molecule has 6 heteroatoms. The minimum Gasteiger partial charge on any atom is -0.305 e. The van der Waals surface area contributed by atoms with Crippen LogP contribution in [0.4, 0.5) is 13.2 Å². The number of alkyl halides is 3. The first-order valence-corrected chi connectivity index (χ1v) is 5.91. The highest BCUT2D eigenvalue weighted by molar-refractivity contribution is 5.74. The van der Waals surface area contributed by atoms with E-state index >= 15 is 0 Å². The normalized spacial score (nSPS) is 12.0. The second-order valence-electron chi connectivity index (χ2n) is 4.36. The molecule has 0 saturated carbocycles. The summed E-state index contributed by atoms with van der Waals surface area (Å²) in [4.78, 5) is 16.1. The lowest BCUT2D eigenvalue weighted by molar-refractivity contribution is -0.135. The van der Waals surface area contributed by atoms with E-state index in [1.807, 2.05) is 0 Å². The van der Waals surface area contributed by atoms with Gasteiger partial charge in [-0.05, 0) is 25.5 Å². The largest absolute Gasteiger partial charge is 0.389 e. The van der Waals surface area contributed by atoms with Crippen molar-refractivity contribution in [1.82, 2.24) is 9.55 Å². The Hall–Kier alpha value is -1.85. The molecule has 0 spiro atoms. The van der Waals surface area contributed by atoms with Crippen LogP contribution in [0.1, 0.15) is 18.5 Å². The van der Waals surface area contributed by atoms with Gasteiger partial charge in [0.15, 0.2) is 0 Å². The van der Waals surface area contributed by atoms with Crippen LogP contribution >= 0.6 is 0 Å². The third-order valence-corrected chi connectivity index (χ3v) is 2.86. The Kier molecular flexibility index (Phi) is 3.59. The van der Waals surface area contributed by atoms with E-state index in [1.54, 1.807) is 31.2 Å². The van der Waals surface area contributed by atoms with Crippen LogP contribution in [0.2, 0.25) is 0 Å². The molecule has 2 rings (SSSR count). The van der Waals surface area contributed by atoms with Gasteiger partial charge in [-0.1, -0.05) is 12.1 Å². The van der Waals surface area contributed by atoms with Crippen LogP contribution in [0.3, 0.4) is 0 Å². The van der Waals surface area contributed by atoms with E-state index in [0.717, 1.165) is 0 Å². The van der Waals surface area contributed by atoms with Gasteiger partial charge in [-0.25, -0.2) is 4.98 Å². The van der Waals surface area contributed by atoms with Crippen LogP contribution in [0.15, 0.2) is 29.1 Å². The highest BCUT2D eigenvalue weighted by atomic mass is 19.4. The molecule has 1 heterocycles. The van der Waals surface area contributed by atoms with E-state index in [0.29, 0.717) is 16.7 Å². The van der Waals surface area contributed by atoms with Crippen molar-refractivity contribution in [1.29, 1.82) is 0 Å². The van der Waals surface area contributed by atoms with E-state index in [9.17, 15) is 18.0 Å². The molecule has 0 aliphatic heterocycles. The maximum absolute atomic E-state index is 12.2. The molecule has 0 amide bonds. The summed E-state index contributed by atoms with van der Waals surface area (Å²) in [7, 11) is 0. The standard InChI is InChI=1S/C13H13F3N2O/c1-9-12(19)18(8-4-7-13(14,15)16)11-6-3-2-5-10(11)17-9/h2-3,5-6H,4,7-8H2,1H3. The number of halogens is 3. The molecule has 0 aliphatic rings. The number of benzene rings is 1. The summed E-state index contributed by atoms with van der Waals surface area (Å²) in [6, 6.07) is 6.94. The Labute approximate surface area is 107 Å². The average Bonchev–Trinajstić information content (AvgIpc) is 2.32. The number of nitrogens with zero attached hydrogens (tertiary/aromatic N) is 2. The Balaban J connectivity index is 2.36. The molecule has 0 aliphatic carbocycles. The fraction of sp³-hybridized carbons (Fsp3) is 0.385. The molecule has 0 N–H and O–H groups in total. The highest BCUT2D eigenvalue weighted by Crippen LogP contribution is 2.22. The molecular weight excluding hydrogens is 257 g/mol. The molecule has 102 valence electrons. The Morgan fingerprint density at radius 3 is 2.63 bits per heavy atom. The molecule has 0 bridgehead atoms. The van der Waals surface area contributed by atoms with E-state index in [1.165, 1.54) is 4.57 Å². The van der Waals surface area contributed by atoms with Gasteiger partial charge in [0, 0.05) is 13.0 Å². The predicted molar refractivity (Wildman–Crippen MR) is 66.0 cm³/mol. The Morgan fingerprint density at radius 2 is 1.95 bits per heavy atom. The topological polar surface area (TPSA) is 34.9 Å². The number of hydrogen-bond donors (Lipinski definition) is 0. The quantitative estimate of drug-likeness (QED) is 0.859. The highest BCUT2D eigenvalue weighted by Gasteiger charge is 2.26. The molecular formula is C13H13F3N2O. The zero-order valence-corrected chi connectivity index (χ0v) is 10.4. The van der Waals surface area contributed by atoms with Gasteiger partial charge in [0.1, 0.15) is 5.69 Å². The van der Waals surface area contributed by atoms with Crippen molar-refractivity contribution in [3.63, 3.8) is 0 Å². The summed E-state index contributed by atoms with van der Waals surface area (Å²) in [6.45, 7) is 1.61. The van der Waals surface area contributed by atoms with Crippen molar-refractivity contribution < 1.29 is 13.2 Å². The number of aryl methyl sites for hydroxylation is 2. The van der Waals surface area contributed by atoms with Crippen LogP contribution in [-0.4, -0.2) is 15.7 Å². The summed E-state index contributed by atoms with van der Waals surface area (Å²) in [5.41, 5.74) is 1.15. The number of rotatable bonds is 3. The summed E-state index contributed by atoms with van der Waals surface area (Å²) < 4.78 is 37.8. The molecule has 0 fully saturated rings. The van der Waals surface area contributed by atoms with Gasteiger partial charge in [0.05, 0.1) is 11.0 Å². The van der Waals surface area contributed by atoms with Crippen molar-refractivity contribution >= 4 is 11.0 Å². The maximum atomic E-state index is 12.2. The van der Waals surface area contributed by atoms with Crippen molar-refractivity contribution in [3.8, 4) is 0 Å². The lowest BCUT2D eigenvalue weighted by Gasteiger charge is -2.11. The summed E-state index contributed by atoms with van der Waals surface area (Å²) in [5.74, 6) is 0. The first-order chi connectivity index (χ1) is 8.88. The van der Waals surface area contributed by atoms with Crippen LogP contribution in [-0.2, 0) is 6.54 Å². The third-order valence-electron chi connectivity index (χ3n) is 2.86. The van der Waals surface area contributed by atoms with E-state index in [4.69, 9.17) is 0 Å². The van der Waals surface area contributed by atoms with Crippen molar-refractivity contribution in [2.24, 2.45) is 0 Å². The maximum Gasteiger partial charge on any atom is 0.389 e. The van der Waals surface area contributed by atoms with E-state index in [2.05, 4.69) is 4.98 Å². The molecule has 1 aromatic carbocycles. The molecule has 0 atom stereocenters. The Bertz CT molecular complexity index is 646. The fourth-order valence-electron chi connectivity index (χ4n) is 1.98. The molecule has 1 aromatic heterocycles. The van der Waals surface area contributed by atoms with Crippen molar-refractivity contribution in [2.75, 3.05) is 0 Å². The number of para-hydroxylation sites is 2. The van der Waals surface area contributed by atoms with Gasteiger partial charge < -0.3 is 4.57 Å². The van der Waals surface area contributed by atoms with Gasteiger partial charge in [-0.3, -0.25) is 4.79 Å². The van der Waals surface area contributed by atoms with Gasteiger partial charge in [0.25, 0.3) is 5.56 Å². The lowest BCUT2D eigenvalue weighted by atomic mass is 10.2. The second kappa shape index (κ2) is 5.03. The summed E-state index contributed by atoms with van der Waals surface area (Å²) >= 11 is 0. The third kappa shape index (κ3) is 3.13. The molecule has 0 unspecified atom stereocenters. The SMILES string of the molecule is Cc1nc2ccccc2n(CCCC(F)(F)F)c1=O. The predicted octanol–water partition coefficient (Wildman–Crippen LogP) is 3.05. The monoisotopic (exact) mass is 270 g/mol. The van der Waals surface area contributed by atoms with Crippen LogP contribution in [0.25, 0.3) is 11.0 Å². The Morgan fingerprint density at radius 1 is 1.26 bits per heavy atom. The van der Waals surface area contributed by atoms with Gasteiger partial charge >= 0.3 is 6.18 Å². The molecule has 19 heavy (non-hydrogen) atoms. The van der Waals surface area contributed by atoms with E-state index in [-0.39, 0.29) is 18.5 Å². The van der Waals surface area contributed by atoms with Crippen molar-refractivity contribution in [2.45, 2.75) is 32.5 Å². The minimum absolute atomic E-state index is 0.0439. The summed E-state index contributed by atoms with van der Waals surface area (Å²) in [6.07, 6.45) is -5.20. The van der Waals surface area contributed by atoms with Crippen molar-refractivity contribution in [3.05, 3.63) is 40.3 Å². The zero-order chi connectivity index (χ0) is 14.0. The first-order valence-electron chi connectivity index (χ1n) is 5.91. The zero-order valence-electron chi connectivity index (χ0n) is 10.4. The average molecular weight is 270 g/mol. The van der Waals surface area contributed by atoms with Gasteiger partial charge in [0.2, 0.25) is 0 Å². The molecule has 0 radical (unpaired) electrons. The van der Waals surface area contributed by atoms with Gasteiger partial charge in [-0.2, -0.15) is 13.2 Å². The van der Waals surface area contributed by atoms with E-state index < -0.39 is 12.6 Å². The summed E-state index contributed by atoms with van der Waals surface area (Å²) in [5, 5.41) is 0. The van der Waals surface area contributed by atoms with Crippen LogP contribution in [0.5, 0.6) is 0 Å². The second-order valence-corrected chi connectivity index (χ2v) is 4.36. The first kappa shape index (κ1) is 13.6. The number of aromatic nitrogens is 2. The minimum atomic E-state index is -4.19. The number of fused-ring (bicyclic) bond motifs is 1.